The van der Waals surface area contributed by atoms with Crippen molar-refractivity contribution in [1.82, 2.24) is 24.7 Å². The zero-order valence-electron chi connectivity index (χ0n) is 17.8. The number of benzene rings is 1. The van der Waals surface area contributed by atoms with E-state index in [0.717, 1.165) is 24.2 Å². The summed E-state index contributed by atoms with van der Waals surface area (Å²) >= 11 is 0. The summed E-state index contributed by atoms with van der Waals surface area (Å²) in [7, 11) is 1.87. The molecule has 0 spiro atoms. The third kappa shape index (κ3) is 4.32. The fourth-order valence-electron chi connectivity index (χ4n) is 3.91. The first-order valence-electron chi connectivity index (χ1n) is 10.5. The first-order valence-corrected chi connectivity index (χ1v) is 10.5. The number of carbonyl (C=O) groups is 1. The minimum Gasteiger partial charge on any atom is -0.379 e. The van der Waals surface area contributed by atoms with Crippen LogP contribution in [0, 0.1) is 0 Å². The number of aryl methyl sites for hydroxylation is 1. The summed E-state index contributed by atoms with van der Waals surface area (Å²) in [5, 5.41) is 10.8. The molecule has 1 aliphatic carbocycles. The highest BCUT2D eigenvalue weighted by atomic mass is 19.4. The number of alkyl halides is 3. The smallest absolute Gasteiger partial charge is 0.379 e. The molecule has 11 heteroatoms. The molecule has 1 saturated heterocycles. The molecule has 172 valence electrons. The molecule has 5 rings (SSSR count). The van der Waals surface area contributed by atoms with E-state index in [-0.39, 0.29) is 22.7 Å². The van der Waals surface area contributed by atoms with Crippen molar-refractivity contribution >= 4 is 11.6 Å². The number of amides is 1. The van der Waals surface area contributed by atoms with Crippen LogP contribution in [-0.4, -0.2) is 43.9 Å². The van der Waals surface area contributed by atoms with Gasteiger partial charge in [0.25, 0.3) is 5.91 Å². The second-order valence-electron chi connectivity index (χ2n) is 8.62. The Morgan fingerprint density at radius 1 is 1.24 bits per heavy atom. The van der Waals surface area contributed by atoms with E-state index in [2.05, 4.69) is 25.5 Å². The van der Waals surface area contributed by atoms with Gasteiger partial charge in [0.15, 0.2) is 0 Å². The van der Waals surface area contributed by atoms with Crippen molar-refractivity contribution < 1.29 is 22.7 Å². The minimum absolute atomic E-state index is 0.0527. The van der Waals surface area contributed by atoms with Gasteiger partial charge in [0.05, 0.1) is 13.2 Å². The molecule has 1 aliphatic heterocycles. The third-order valence-electron chi connectivity index (χ3n) is 6.02. The Balaban J connectivity index is 1.39. The van der Waals surface area contributed by atoms with Gasteiger partial charge >= 0.3 is 6.18 Å². The molecule has 2 aliphatic rings. The highest BCUT2D eigenvalue weighted by molar-refractivity contribution is 6.03. The summed E-state index contributed by atoms with van der Waals surface area (Å²) in [6.07, 6.45) is -0.977. The first kappa shape index (κ1) is 21.5. The quantitative estimate of drug-likeness (QED) is 0.609. The molecule has 1 aromatic carbocycles. The average molecular weight is 458 g/mol. The van der Waals surface area contributed by atoms with Crippen molar-refractivity contribution in [2.45, 2.75) is 36.8 Å². The van der Waals surface area contributed by atoms with Crippen LogP contribution >= 0.6 is 0 Å². The Labute approximate surface area is 187 Å². The van der Waals surface area contributed by atoms with Gasteiger partial charge in [-0.25, -0.2) is 9.97 Å². The van der Waals surface area contributed by atoms with Crippen molar-refractivity contribution in [2.24, 2.45) is 7.05 Å². The van der Waals surface area contributed by atoms with Gasteiger partial charge in [-0.3, -0.25) is 4.79 Å². The molecule has 3 heterocycles. The Morgan fingerprint density at radius 3 is 2.64 bits per heavy atom. The van der Waals surface area contributed by atoms with Crippen LogP contribution in [0.2, 0.25) is 0 Å². The average Bonchev–Trinajstić information content (AvgIpc) is 3.53. The molecule has 8 nitrogen and oxygen atoms in total. The molecule has 1 saturated carbocycles. The number of anilines is 1. The number of ether oxygens (including phenoxy) is 1. The molecule has 2 aromatic heterocycles. The van der Waals surface area contributed by atoms with E-state index in [1.54, 1.807) is 18.5 Å². The Hall–Kier alpha value is -3.34. The normalized spacial score (nSPS) is 17.5. The molecular formula is C22H21F3N6O2. The fourth-order valence-corrected chi connectivity index (χ4v) is 3.91. The van der Waals surface area contributed by atoms with Gasteiger partial charge in [0.2, 0.25) is 5.82 Å². The topological polar surface area (TPSA) is 94.8 Å². The van der Waals surface area contributed by atoms with E-state index in [1.807, 2.05) is 23.7 Å². The lowest BCUT2D eigenvalue weighted by Gasteiger charge is -2.41. The van der Waals surface area contributed by atoms with Crippen molar-refractivity contribution in [3.63, 3.8) is 0 Å². The molecule has 3 aromatic rings. The lowest BCUT2D eigenvalue weighted by molar-refractivity contribution is -0.145. The van der Waals surface area contributed by atoms with Crippen molar-refractivity contribution in [3.05, 3.63) is 65.3 Å². The lowest BCUT2D eigenvalue weighted by Crippen LogP contribution is -2.49. The molecular weight excluding hydrogens is 437 g/mol. The number of carbonyl (C=O) groups excluding carboxylic acids is 1. The van der Waals surface area contributed by atoms with Crippen molar-refractivity contribution in [3.8, 4) is 0 Å². The van der Waals surface area contributed by atoms with E-state index in [1.165, 1.54) is 6.07 Å². The number of nitrogens with one attached hydrogen (secondary N) is 1. The number of hydrogen-bond acceptors (Lipinski definition) is 6. The second-order valence-corrected chi connectivity index (χ2v) is 8.62. The number of nitrogens with zero attached hydrogens (tertiary/aromatic N) is 5. The van der Waals surface area contributed by atoms with E-state index in [9.17, 15) is 18.0 Å². The van der Waals surface area contributed by atoms with Gasteiger partial charge in [-0.2, -0.15) is 13.2 Å². The zero-order valence-corrected chi connectivity index (χ0v) is 17.8. The first-order chi connectivity index (χ1) is 15.7. The summed E-state index contributed by atoms with van der Waals surface area (Å²) in [6, 6.07) is 8.57. The second kappa shape index (κ2) is 7.91. The maximum atomic E-state index is 13.3. The van der Waals surface area contributed by atoms with Crippen LogP contribution in [0.5, 0.6) is 0 Å². The standard InChI is InChI=1S/C22H21F3N6O2/c1-31-12-26-30-18(31)9-21(10-33-11-21)14-3-2-4-15(7-14)27-19(32)17-8-16(13-5-6-13)28-20(29-17)22(23,24)25/h2-4,7-8,12-13H,5-6,9-11H2,1H3,(H,27,32). The lowest BCUT2D eigenvalue weighted by atomic mass is 9.75. The SMILES string of the molecule is Cn1cnnc1CC1(c2cccc(NC(=O)c3cc(C4CC4)nc(C(F)(F)F)n3)c2)COC1. The summed E-state index contributed by atoms with van der Waals surface area (Å²) in [5.41, 5.74) is 1.03. The van der Waals surface area contributed by atoms with Gasteiger partial charge in [0.1, 0.15) is 17.8 Å². The minimum atomic E-state index is -4.73. The largest absolute Gasteiger partial charge is 0.451 e. The Morgan fingerprint density at radius 2 is 2.03 bits per heavy atom. The third-order valence-corrected chi connectivity index (χ3v) is 6.02. The molecule has 1 N–H and O–H groups in total. The number of halogens is 3. The Kier molecular flexibility index (Phi) is 5.15. The van der Waals surface area contributed by atoms with E-state index in [4.69, 9.17) is 4.74 Å². The molecule has 1 amide bonds. The molecule has 2 fully saturated rings. The van der Waals surface area contributed by atoms with Gasteiger partial charge in [-0.05, 0) is 36.6 Å². The molecule has 0 bridgehead atoms. The van der Waals surface area contributed by atoms with Gasteiger partial charge in [0, 0.05) is 36.2 Å². The van der Waals surface area contributed by atoms with E-state index < -0.39 is 17.9 Å². The van der Waals surface area contributed by atoms with Crippen LogP contribution in [0.1, 0.15) is 52.2 Å². The molecule has 0 atom stereocenters. The van der Waals surface area contributed by atoms with Crippen LogP contribution in [-0.2, 0) is 29.8 Å². The van der Waals surface area contributed by atoms with Crippen LogP contribution in [0.4, 0.5) is 18.9 Å². The van der Waals surface area contributed by atoms with Gasteiger partial charge < -0.3 is 14.6 Å². The van der Waals surface area contributed by atoms with Crippen LogP contribution in [0.3, 0.4) is 0 Å². The summed E-state index contributed by atoms with van der Waals surface area (Å²) in [4.78, 5) is 19.9. The Bertz CT molecular complexity index is 1200. The highest BCUT2D eigenvalue weighted by Crippen LogP contribution is 2.40. The van der Waals surface area contributed by atoms with Gasteiger partial charge in [-0.1, -0.05) is 12.1 Å². The van der Waals surface area contributed by atoms with Crippen LogP contribution < -0.4 is 5.32 Å². The van der Waals surface area contributed by atoms with Crippen LogP contribution in [0.15, 0.2) is 36.7 Å². The van der Waals surface area contributed by atoms with Crippen molar-refractivity contribution in [2.75, 3.05) is 18.5 Å². The zero-order chi connectivity index (χ0) is 23.2. The number of rotatable bonds is 6. The number of hydrogen-bond donors (Lipinski definition) is 1. The highest BCUT2D eigenvalue weighted by Gasteiger charge is 2.42. The monoisotopic (exact) mass is 458 g/mol. The molecule has 0 unspecified atom stereocenters. The maximum absolute atomic E-state index is 13.3. The molecule has 33 heavy (non-hydrogen) atoms. The fraction of sp³-hybridized carbons (Fsp3) is 0.409. The summed E-state index contributed by atoms with van der Waals surface area (Å²) < 4.78 is 47.1. The van der Waals surface area contributed by atoms with Crippen LogP contribution in [0.25, 0.3) is 0 Å². The summed E-state index contributed by atoms with van der Waals surface area (Å²) in [5.74, 6) is -1.25. The van der Waals surface area contributed by atoms with E-state index in [0.29, 0.717) is 25.3 Å². The molecule has 0 radical (unpaired) electrons. The maximum Gasteiger partial charge on any atom is 0.451 e. The van der Waals surface area contributed by atoms with Gasteiger partial charge in [-0.15, -0.1) is 10.2 Å². The predicted octanol–water partition coefficient (Wildman–Crippen LogP) is 3.26. The summed E-state index contributed by atoms with van der Waals surface area (Å²) in [6.45, 7) is 0.978. The predicted molar refractivity (Wildman–Crippen MR) is 111 cm³/mol. The van der Waals surface area contributed by atoms with E-state index >= 15 is 0 Å². The number of aromatic nitrogens is 5. The van der Waals surface area contributed by atoms with Crippen molar-refractivity contribution in [1.29, 1.82) is 0 Å².